The second-order valence-electron chi connectivity index (χ2n) is 7.91. The molecule has 3 aromatic rings. The van der Waals surface area contributed by atoms with Gasteiger partial charge in [-0.2, -0.15) is 5.10 Å². The van der Waals surface area contributed by atoms with Crippen molar-refractivity contribution in [3.05, 3.63) is 53.2 Å². The number of carboxylic acid groups (broad SMARTS) is 1. The molecule has 0 unspecified atom stereocenters. The number of amides is 2. The lowest BCUT2D eigenvalue weighted by atomic mass is 10.0. The topological polar surface area (TPSA) is 193 Å². The lowest BCUT2D eigenvalue weighted by molar-refractivity contribution is -0.688. The minimum atomic E-state index is -1.22. The number of oxime groups is 1. The predicted molar refractivity (Wildman–Crippen MR) is 132 cm³/mol. The van der Waals surface area contributed by atoms with E-state index < -0.39 is 29.2 Å². The van der Waals surface area contributed by atoms with Gasteiger partial charge in [0, 0.05) is 22.8 Å². The normalized spacial score (nSPS) is 19.3. The highest BCUT2D eigenvalue weighted by Crippen LogP contribution is 2.40. The number of nitrogens with zero attached hydrogens (tertiary/aromatic N) is 6. The molecule has 0 aliphatic carbocycles. The third-order valence-electron chi connectivity index (χ3n) is 5.62. The number of nitrogen functional groups attached to an aromatic ring is 1. The number of nitrogens with two attached hydrogens (primary N) is 1. The van der Waals surface area contributed by atoms with E-state index in [0.29, 0.717) is 17.2 Å². The van der Waals surface area contributed by atoms with Crippen molar-refractivity contribution in [3.63, 3.8) is 0 Å². The van der Waals surface area contributed by atoms with Crippen molar-refractivity contribution in [2.45, 2.75) is 18.0 Å². The van der Waals surface area contributed by atoms with Gasteiger partial charge in [-0.05, 0) is 6.07 Å². The zero-order valence-corrected chi connectivity index (χ0v) is 20.8. The maximum atomic E-state index is 13.0. The average molecular weight is 543 g/mol. The van der Waals surface area contributed by atoms with E-state index in [9.17, 15) is 19.5 Å². The number of thioether (sulfide) groups is 1. The summed E-state index contributed by atoms with van der Waals surface area (Å²) in [7, 11) is 1.28. The summed E-state index contributed by atoms with van der Waals surface area (Å²) in [5.74, 6) is -1.51. The molecule has 14 nitrogen and oxygen atoms in total. The summed E-state index contributed by atoms with van der Waals surface area (Å²) in [6.45, 7) is 0.250. The molecule has 37 heavy (non-hydrogen) atoms. The van der Waals surface area contributed by atoms with E-state index in [1.807, 2.05) is 22.9 Å². The van der Waals surface area contributed by atoms with Gasteiger partial charge in [0.2, 0.25) is 0 Å². The van der Waals surface area contributed by atoms with Gasteiger partial charge in [-0.1, -0.05) is 5.16 Å². The van der Waals surface area contributed by atoms with Crippen molar-refractivity contribution in [1.29, 1.82) is 0 Å². The molecule has 190 valence electrons. The van der Waals surface area contributed by atoms with Crippen molar-refractivity contribution in [2.75, 3.05) is 18.6 Å². The predicted octanol–water partition coefficient (Wildman–Crippen LogP) is -0.413. The van der Waals surface area contributed by atoms with Crippen LogP contribution < -0.4 is 15.6 Å². The van der Waals surface area contributed by atoms with Gasteiger partial charge in [0.15, 0.2) is 35.6 Å². The fourth-order valence-electron chi connectivity index (χ4n) is 4.03. The van der Waals surface area contributed by atoms with Crippen LogP contribution in [0.1, 0.15) is 5.69 Å². The fraction of sp³-hybridized carbons (Fsp3) is 0.238. The summed E-state index contributed by atoms with van der Waals surface area (Å²) in [6.07, 6.45) is 5.01. The minimum Gasteiger partial charge on any atom is -0.477 e. The van der Waals surface area contributed by atoms with E-state index in [2.05, 4.69) is 30.6 Å². The van der Waals surface area contributed by atoms with E-state index in [1.54, 1.807) is 11.6 Å². The van der Waals surface area contributed by atoms with Crippen LogP contribution in [0.3, 0.4) is 0 Å². The SMILES string of the molecule is CO/N=C(/C(=O)N[C@@H]1C(=O)N2C(C(=O)O)=C(C[n+]3cccc(-c4ncn[nH]4)c3)CS[C@H]12)c1csc(N)n1. The number of aromatic amines is 1. The lowest BCUT2D eigenvalue weighted by Crippen LogP contribution is -2.71. The van der Waals surface area contributed by atoms with Gasteiger partial charge in [0.05, 0.1) is 5.56 Å². The molecule has 1 fully saturated rings. The molecule has 0 saturated carbocycles. The van der Waals surface area contributed by atoms with Crippen LogP contribution in [0.15, 0.2) is 52.7 Å². The highest BCUT2D eigenvalue weighted by atomic mass is 32.2. The molecule has 3 aromatic heterocycles. The summed E-state index contributed by atoms with van der Waals surface area (Å²) < 4.78 is 1.81. The number of carbonyl (C=O) groups excluding carboxylic acids is 2. The molecule has 0 bridgehead atoms. The summed E-state index contributed by atoms with van der Waals surface area (Å²) >= 11 is 2.49. The van der Waals surface area contributed by atoms with Gasteiger partial charge in [0.25, 0.3) is 11.8 Å². The fourth-order valence-corrected chi connectivity index (χ4v) is 5.91. The van der Waals surface area contributed by atoms with Crippen LogP contribution in [-0.2, 0) is 25.8 Å². The van der Waals surface area contributed by atoms with E-state index in [4.69, 9.17) is 10.6 Å². The van der Waals surface area contributed by atoms with Crippen LogP contribution >= 0.6 is 23.1 Å². The van der Waals surface area contributed by atoms with Crippen LogP contribution in [0, 0.1) is 0 Å². The Balaban J connectivity index is 1.35. The average Bonchev–Trinajstić information content (AvgIpc) is 3.57. The number of β-lactam (4-membered cyclic amide) rings is 1. The Hall–Kier alpha value is -4.31. The molecule has 0 spiro atoms. The maximum Gasteiger partial charge on any atom is 0.352 e. The van der Waals surface area contributed by atoms with E-state index in [1.165, 1.54) is 30.1 Å². The summed E-state index contributed by atoms with van der Waals surface area (Å²) in [6, 6.07) is 2.73. The number of aliphatic carboxylic acids is 1. The van der Waals surface area contributed by atoms with Gasteiger partial charge < -0.3 is 21.0 Å². The second-order valence-corrected chi connectivity index (χ2v) is 9.91. The minimum absolute atomic E-state index is 0.0881. The zero-order chi connectivity index (χ0) is 26.1. The van der Waals surface area contributed by atoms with Crippen LogP contribution in [0.25, 0.3) is 11.4 Å². The van der Waals surface area contributed by atoms with Crippen LogP contribution in [0.5, 0.6) is 0 Å². The Morgan fingerprint density at radius 2 is 2.30 bits per heavy atom. The molecule has 2 atom stereocenters. The number of carboxylic acids is 1. The van der Waals surface area contributed by atoms with Gasteiger partial charge in [-0.25, -0.2) is 19.3 Å². The molecule has 1 saturated heterocycles. The Labute approximate surface area is 217 Å². The van der Waals surface area contributed by atoms with Crippen molar-refractivity contribution in [2.24, 2.45) is 5.16 Å². The highest BCUT2D eigenvalue weighted by Gasteiger charge is 2.54. The first-order chi connectivity index (χ1) is 17.9. The number of nitrogens with one attached hydrogen (secondary N) is 2. The second kappa shape index (κ2) is 9.98. The van der Waals surface area contributed by atoms with E-state index in [0.717, 1.165) is 16.9 Å². The Morgan fingerprint density at radius 3 is 2.97 bits per heavy atom. The number of carbonyl (C=O) groups is 3. The number of anilines is 1. The zero-order valence-electron chi connectivity index (χ0n) is 19.2. The number of thiazole rings is 1. The first-order valence-electron chi connectivity index (χ1n) is 10.8. The quantitative estimate of drug-likeness (QED) is 0.126. The molecule has 0 aromatic carbocycles. The molecule has 0 radical (unpaired) electrons. The highest BCUT2D eigenvalue weighted by molar-refractivity contribution is 8.00. The first kappa shape index (κ1) is 24.4. The van der Waals surface area contributed by atoms with Gasteiger partial charge in [0.1, 0.15) is 36.2 Å². The molecular formula is C21H20N9O5S2+. The number of pyridine rings is 1. The van der Waals surface area contributed by atoms with Crippen molar-refractivity contribution in [3.8, 4) is 11.4 Å². The molecule has 5 N–H and O–H groups in total. The number of hydrogen-bond donors (Lipinski definition) is 4. The van der Waals surface area contributed by atoms with Crippen LogP contribution in [-0.4, -0.2) is 77.9 Å². The van der Waals surface area contributed by atoms with Gasteiger partial charge >= 0.3 is 5.97 Å². The molecule has 5 heterocycles. The third kappa shape index (κ3) is 4.63. The summed E-state index contributed by atoms with van der Waals surface area (Å²) in [5.41, 5.74) is 6.97. The largest absolute Gasteiger partial charge is 0.477 e. The summed E-state index contributed by atoms with van der Waals surface area (Å²) in [5, 5.41) is 24.2. The number of aromatic nitrogens is 5. The number of H-pyrrole nitrogens is 1. The maximum absolute atomic E-state index is 13.0. The Bertz CT molecular complexity index is 1440. The van der Waals surface area contributed by atoms with E-state index >= 15 is 0 Å². The van der Waals surface area contributed by atoms with Crippen LogP contribution in [0.2, 0.25) is 0 Å². The molecule has 2 aliphatic heterocycles. The number of rotatable bonds is 8. The first-order valence-corrected chi connectivity index (χ1v) is 12.7. The van der Waals surface area contributed by atoms with Crippen molar-refractivity contribution < 1.29 is 28.9 Å². The Kier molecular flexibility index (Phi) is 6.58. The molecule has 2 amide bonds. The Morgan fingerprint density at radius 1 is 1.46 bits per heavy atom. The van der Waals surface area contributed by atoms with Gasteiger partial charge in [-0.15, -0.1) is 23.1 Å². The van der Waals surface area contributed by atoms with E-state index in [-0.39, 0.29) is 28.8 Å². The molecule has 2 aliphatic rings. The van der Waals surface area contributed by atoms with Crippen molar-refractivity contribution in [1.82, 2.24) is 30.4 Å². The standard InChI is InChI=1S/C21H19N9O5S2/c1-35-28-13(12-8-37-21(22)25-12)17(31)26-14-18(32)30-15(20(33)34)11(7-36-19(14)30)6-29-4-2-3-10(5-29)16-23-9-24-27-16/h2-5,8-9,14,19H,6-7H2,1H3,(H4-,22,23,24,25,26,27,31,33,34)/p+1/b28-13+/t14-,19-/m1/s1. The molecule has 5 rings (SSSR count). The molecule has 16 heteroatoms. The van der Waals surface area contributed by atoms with Crippen LogP contribution in [0.4, 0.5) is 5.13 Å². The van der Waals surface area contributed by atoms with Gasteiger partial charge in [-0.3, -0.25) is 19.6 Å². The third-order valence-corrected chi connectivity index (χ3v) is 7.63. The summed E-state index contributed by atoms with van der Waals surface area (Å²) in [4.78, 5) is 52.3. The smallest absolute Gasteiger partial charge is 0.352 e. The van der Waals surface area contributed by atoms with Crippen molar-refractivity contribution >= 4 is 51.7 Å². The monoisotopic (exact) mass is 542 g/mol. The molecular weight excluding hydrogens is 522 g/mol. The number of fused-ring (bicyclic) bond motifs is 1. The number of hydrogen-bond acceptors (Lipinski definition) is 11. The lowest BCUT2D eigenvalue weighted by Gasteiger charge is -2.49.